The van der Waals surface area contributed by atoms with Crippen molar-refractivity contribution in [2.24, 2.45) is 0 Å². The molecule has 1 N–H and O–H groups in total. The Balaban J connectivity index is 1.60. The van der Waals surface area contributed by atoms with Gasteiger partial charge in [-0.2, -0.15) is 4.31 Å². The van der Waals surface area contributed by atoms with Gasteiger partial charge in [0.05, 0.1) is 12.0 Å². The summed E-state index contributed by atoms with van der Waals surface area (Å²) >= 11 is 0. The van der Waals surface area contributed by atoms with Crippen molar-refractivity contribution in [3.8, 4) is 17.2 Å². The van der Waals surface area contributed by atoms with Crippen molar-refractivity contribution in [3.63, 3.8) is 0 Å². The zero-order chi connectivity index (χ0) is 22.7. The van der Waals surface area contributed by atoms with E-state index in [-0.39, 0.29) is 4.90 Å². The van der Waals surface area contributed by atoms with Crippen LogP contribution in [0.3, 0.4) is 0 Å². The molecule has 1 amide bonds. The molecular formula is C23H28N2O6S. The number of sulfonamides is 1. The molecule has 0 radical (unpaired) electrons. The number of amides is 1. The number of nitrogens with one attached hydrogen (secondary N) is 1. The highest BCUT2D eigenvalue weighted by Crippen LogP contribution is 2.40. The second-order valence-corrected chi connectivity index (χ2v) is 9.86. The van der Waals surface area contributed by atoms with Gasteiger partial charge in [-0.1, -0.05) is 18.9 Å². The normalized spacial score (nSPS) is 16.8. The van der Waals surface area contributed by atoms with Crippen LogP contribution in [0.4, 0.5) is 5.69 Å². The number of aryl methyl sites for hydroxylation is 1. The van der Waals surface area contributed by atoms with Crippen molar-refractivity contribution in [2.75, 3.05) is 38.7 Å². The minimum Gasteiger partial charge on any atom is -0.493 e. The smallest absolute Gasteiger partial charge is 0.255 e. The molecule has 4 rings (SSSR count). The molecule has 2 aromatic rings. The molecule has 0 spiro atoms. The third-order valence-corrected chi connectivity index (χ3v) is 7.76. The number of anilines is 1. The number of hydrogen-bond acceptors (Lipinski definition) is 6. The van der Waals surface area contributed by atoms with Crippen molar-refractivity contribution in [3.05, 3.63) is 41.5 Å². The number of nitrogens with zero attached hydrogens (tertiary/aromatic N) is 1. The fraction of sp³-hybridized carbons (Fsp3) is 0.435. The molecular weight excluding hydrogens is 432 g/mol. The van der Waals surface area contributed by atoms with Gasteiger partial charge in [-0.05, 0) is 49.6 Å². The Kier molecular flexibility index (Phi) is 6.57. The molecule has 0 bridgehead atoms. The maximum absolute atomic E-state index is 13.3. The predicted molar refractivity (Wildman–Crippen MR) is 120 cm³/mol. The number of carbonyl (C=O) groups is 1. The van der Waals surface area contributed by atoms with Gasteiger partial charge in [-0.25, -0.2) is 8.42 Å². The summed E-state index contributed by atoms with van der Waals surface area (Å²) in [7, 11) is -2.14. The molecule has 0 aromatic heterocycles. The Morgan fingerprint density at radius 2 is 1.75 bits per heavy atom. The molecule has 2 aliphatic rings. The second-order valence-electron chi connectivity index (χ2n) is 7.96. The van der Waals surface area contributed by atoms with Crippen molar-refractivity contribution >= 4 is 21.6 Å². The van der Waals surface area contributed by atoms with Crippen molar-refractivity contribution in [2.45, 2.75) is 37.5 Å². The SMILES string of the molecule is COc1cc(C(=O)Nc2ccc(C)c(S(=O)(=O)N3CCCCCC3)c2)cc2c1OCCO2. The minimum absolute atomic E-state index is 0.219. The lowest BCUT2D eigenvalue weighted by molar-refractivity contribution is 0.102. The monoisotopic (exact) mass is 460 g/mol. The lowest BCUT2D eigenvalue weighted by Crippen LogP contribution is -2.32. The van der Waals surface area contributed by atoms with Crippen LogP contribution in [-0.2, 0) is 10.0 Å². The van der Waals surface area contributed by atoms with Gasteiger partial charge < -0.3 is 19.5 Å². The van der Waals surface area contributed by atoms with Crippen LogP contribution in [0.2, 0.25) is 0 Å². The first-order valence-corrected chi connectivity index (χ1v) is 12.2. The predicted octanol–water partition coefficient (Wildman–Crippen LogP) is 3.59. The fourth-order valence-corrected chi connectivity index (χ4v) is 5.75. The number of rotatable bonds is 5. The fourth-order valence-electron chi connectivity index (χ4n) is 3.98. The maximum atomic E-state index is 13.3. The van der Waals surface area contributed by atoms with E-state index in [1.54, 1.807) is 35.5 Å². The zero-order valence-corrected chi connectivity index (χ0v) is 19.2. The van der Waals surface area contributed by atoms with Gasteiger partial charge in [0.2, 0.25) is 15.8 Å². The first-order valence-electron chi connectivity index (χ1n) is 10.8. The summed E-state index contributed by atoms with van der Waals surface area (Å²) in [5, 5.41) is 2.80. The number of hydrogen-bond donors (Lipinski definition) is 1. The van der Waals surface area contributed by atoms with Crippen molar-refractivity contribution in [1.29, 1.82) is 0 Å². The summed E-state index contributed by atoms with van der Waals surface area (Å²) in [5.41, 5.74) is 1.37. The summed E-state index contributed by atoms with van der Waals surface area (Å²) in [6.07, 6.45) is 3.81. The highest BCUT2D eigenvalue weighted by Gasteiger charge is 2.27. The minimum atomic E-state index is -3.64. The van der Waals surface area contributed by atoms with Crippen molar-refractivity contribution in [1.82, 2.24) is 4.31 Å². The van der Waals surface area contributed by atoms with E-state index in [9.17, 15) is 13.2 Å². The summed E-state index contributed by atoms with van der Waals surface area (Å²) in [4.78, 5) is 13.2. The topological polar surface area (TPSA) is 94.2 Å². The molecule has 2 aliphatic heterocycles. The third-order valence-electron chi connectivity index (χ3n) is 5.72. The first-order chi connectivity index (χ1) is 15.4. The summed E-state index contributed by atoms with van der Waals surface area (Å²) in [5.74, 6) is 0.911. The highest BCUT2D eigenvalue weighted by molar-refractivity contribution is 7.89. The molecule has 0 atom stereocenters. The molecule has 2 aromatic carbocycles. The average Bonchev–Trinajstić information content (AvgIpc) is 3.09. The van der Waals surface area contributed by atoms with Gasteiger partial charge in [0.25, 0.3) is 5.91 Å². The number of ether oxygens (including phenoxy) is 3. The van der Waals surface area contributed by atoms with Crippen LogP contribution in [0, 0.1) is 6.92 Å². The number of carbonyl (C=O) groups excluding carboxylic acids is 1. The van der Waals surface area contributed by atoms with Crippen LogP contribution in [0.15, 0.2) is 35.2 Å². The Morgan fingerprint density at radius 3 is 2.47 bits per heavy atom. The van der Waals surface area contributed by atoms with E-state index in [0.717, 1.165) is 25.7 Å². The van der Waals surface area contributed by atoms with E-state index < -0.39 is 15.9 Å². The number of methoxy groups -OCH3 is 1. The van der Waals surface area contributed by atoms with Gasteiger partial charge in [-0.15, -0.1) is 0 Å². The third kappa shape index (κ3) is 4.54. The van der Waals surface area contributed by atoms with E-state index >= 15 is 0 Å². The zero-order valence-electron chi connectivity index (χ0n) is 18.3. The summed E-state index contributed by atoms with van der Waals surface area (Å²) < 4.78 is 44.6. The maximum Gasteiger partial charge on any atom is 0.255 e. The van der Waals surface area contributed by atoms with E-state index in [1.807, 2.05) is 0 Å². The first kappa shape index (κ1) is 22.4. The summed E-state index contributed by atoms with van der Waals surface area (Å²) in [6, 6.07) is 8.11. The Labute approximate surface area is 188 Å². The van der Waals surface area contributed by atoms with Crippen molar-refractivity contribution < 1.29 is 27.4 Å². The molecule has 0 aliphatic carbocycles. The van der Waals surface area contributed by atoms with Gasteiger partial charge in [0, 0.05) is 24.3 Å². The van der Waals surface area contributed by atoms with Crippen LogP contribution in [0.25, 0.3) is 0 Å². The second kappa shape index (κ2) is 9.38. The average molecular weight is 461 g/mol. The van der Waals surface area contributed by atoms with Crippen LogP contribution in [-0.4, -0.2) is 52.0 Å². The van der Waals surface area contributed by atoms with Crippen LogP contribution in [0.1, 0.15) is 41.6 Å². The largest absolute Gasteiger partial charge is 0.493 e. The van der Waals surface area contributed by atoms with Crippen LogP contribution >= 0.6 is 0 Å². The number of benzene rings is 2. The highest BCUT2D eigenvalue weighted by atomic mass is 32.2. The molecule has 1 fully saturated rings. The van der Waals surface area contributed by atoms with Crippen LogP contribution in [0.5, 0.6) is 17.2 Å². The number of fused-ring (bicyclic) bond motifs is 1. The van der Waals surface area contributed by atoms with Gasteiger partial charge in [0.1, 0.15) is 13.2 Å². The Morgan fingerprint density at radius 1 is 1.03 bits per heavy atom. The van der Waals surface area contributed by atoms with Gasteiger partial charge in [-0.3, -0.25) is 4.79 Å². The Bertz CT molecular complexity index is 1090. The summed E-state index contributed by atoms with van der Waals surface area (Å²) in [6.45, 7) is 3.61. The van der Waals surface area contributed by atoms with Gasteiger partial charge >= 0.3 is 0 Å². The molecule has 8 nitrogen and oxygen atoms in total. The van der Waals surface area contributed by atoms with Crippen LogP contribution < -0.4 is 19.5 Å². The molecule has 9 heteroatoms. The molecule has 0 unspecified atom stereocenters. The lowest BCUT2D eigenvalue weighted by atomic mass is 10.1. The van der Waals surface area contributed by atoms with Gasteiger partial charge in [0.15, 0.2) is 11.5 Å². The standard InChI is InChI=1S/C23H28N2O6S/c1-16-7-8-18(15-21(16)32(27,28)25-9-5-3-4-6-10-25)24-23(26)17-13-19(29-2)22-20(14-17)30-11-12-31-22/h7-8,13-15H,3-6,9-12H2,1-2H3,(H,24,26). The molecule has 32 heavy (non-hydrogen) atoms. The van der Waals surface area contributed by atoms with E-state index in [0.29, 0.717) is 60.4 Å². The molecule has 1 saturated heterocycles. The molecule has 0 saturated carbocycles. The quantitative estimate of drug-likeness (QED) is 0.733. The van der Waals surface area contributed by atoms with E-state index in [2.05, 4.69) is 5.32 Å². The van der Waals surface area contributed by atoms with E-state index in [4.69, 9.17) is 14.2 Å². The Hall–Kier alpha value is -2.78. The van der Waals surface area contributed by atoms with E-state index in [1.165, 1.54) is 13.2 Å². The lowest BCUT2D eigenvalue weighted by Gasteiger charge is -2.22. The molecule has 172 valence electrons. The molecule has 2 heterocycles.